The van der Waals surface area contributed by atoms with Crippen molar-refractivity contribution in [3.8, 4) is 0 Å². The standard InChI is InChI=1S/C10H6Cl2N2O3/c1-17-10(16)8-9(15)14-7-3-5(12)4(11)2-6(7)13-8/h2-3H,1H3,(H,14,15). The molecule has 0 fully saturated rings. The van der Waals surface area contributed by atoms with Crippen LogP contribution in [0.15, 0.2) is 16.9 Å². The van der Waals surface area contributed by atoms with Crippen LogP contribution in [0.25, 0.3) is 11.0 Å². The van der Waals surface area contributed by atoms with E-state index in [2.05, 4.69) is 14.7 Å². The molecule has 0 spiro atoms. The molecule has 0 aliphatic rings. The van der Waals surface area contributed by atoms with Crippen LogP contribution in [-0.2, 0) is 4.74 Å². The Morgan fingerprint density at radius 2 is 2.00 bits per heavy atom. The van der Waals surface area contributed by atoms with Crippen molar-refractivity contribution < 1.29 is 9.53 Å². The van der Waals surface area contributed by atoms with Gasteiger partial charge in [-0.25, -0.2) is 9.78 Å². The number of aromatic amines is 1. The highest BCUT2D eigenvalue weighted by molar-refractivity contribution is 6.42. The van der Waals surface area contributed by atoms with Crippen LogP contribution in [0.3, 0.4) is 0 Å². The maximum absolute atomic E-state index is 11.5. The summed E-state index contributed by atoms with van der Waals surface area (Å²) in [5.74, 6) is -0.806. The Morgan fingerprint density at radius 3 is 2.65 bits per heavy atom. The average Bonchev–Trinajstić information content (AvgIpc) is 2.30. The van der Waals surface area contributed by atoms with Gasteiger partial charge >= 0.3 is 5.97 Å². The molecule has 1 aromatic carbocycles. The summed E-state index contributed by atoms with van der Waals surface area (Å²) in [5.41, 5.74) is -0.197. The van der Waals surface area contributed by atoms with Gasteiger partial charge < -0.3 is 9.72 Å². The van der Waals surface area contributed by atoms with Crippen LogP contribution in [0.1, 0.15) is 10.5 Å². The molecule has 0 saturated heterocycles. The molecule has 2 aromatic rings. The van der Waals surface area contributed by atoms with Crippen molar-refractivity contribution in [2.75, 3.05) is 7.11 Å². The molecule has 0 bridgehead atoms. The lowest BCUT2D eigenvalue weighted by Crippen LogP contribution is -2.21. The molecule has 7 heteroatoms. The summed E-state index contributed by atoms with van der Waals surface area (Å²) in [5, 5.41) is 0.581. The number of hydrogen-bond acceptors (Lipinski definition) is 4. The molecule has 0 saturated carbocycles. The minimum Gasteiger partial charge on any atom is -0.464 e. The van der Waals surface area contributed by atoms with E-state index in [0.717, 1.165) is 0 Å². The Balaban J connectivity index is 2.76. The molecule has 0 aliphatic heterocycles. The SMILES string of the molecule is COC(=O)c1nc2cc(Cl)c(Cl)cc2[nH]c1=O. The maximum Gasteiger partial charge on any atom is 0.362 e. The van der Waals surface area contributed by atoms with Gasteiger partial charge in [0.25, 0.3) is 5.56 Å². The Hall–Kier alpha value is -1.59. The molecular formula is C10H6Cl2N2O3. The summed E-state index contributed by atoms with van der Waals surface area (Å²) in [7, 11) is 1.17. The van der Waals surface area contributed by atoms with E-state index in [9.17, 15) is 9.59 Å². The van der Waals surface area contributed by atoms with Gasteiger partial charge in [0.15, 0.2) is 0 Å². The fourth-order valence-corrected chi connectivity index (χ4v) is 1.64. The van der Waals surface area contributed by atoms with Crippen LogP contribution in [0.2, 0.25) is 10.0 Å². The largest absolute Gasteiger partial charge is 0.464 e. The quantitative estimate of drug-likeness (QED) is 0.807. The summed E-state index contributed by atoms with van der Waals surface area (Å²) in [4.78, 5) is 29.2. The summed E-state index contributed by atoms with van der Waals surface area (Å²) < 4.78 is 4.44. The number of nitrogens with zero attached hydrogens (tertiary/aromatic N) is 1. The number of carbonyl (C=O) groups is 1. The number of methoxy groups -OCH3 is 1. The van der Waals surface area contributed by atoms with Crippen LogP contribution in [-0.4, -0.2) is 23.0 Å². The van der Waals surface area contributed by atoms with E-state index in [1.54, 1.807) is 0 Å². The normalized spacial score (nSPS) is 10.5. The smallest absolute Gasteiger partial charge is 0.362 e. The van der Waals surface area contributed by atoms with Gasteiger partial charge in [-0.05, 0) is 12.1 Å². The van der Waals surface area contributed by atoms with Gasteiger partial charge in [-0.15, -0.1) is 0 Å². The Bertz CT molecular complexity index is 666. The Kier molecular flexibility index (Phi) is 3.04. The van der Waals surface area contributed by atoms with E-state index in [1.807, 2.05) is 0 Å². The number of H-pyrrole nitrogens is 1. The number of ether oxygens (including phenoxy) is 1. The first-order valence-electron chi connectivity index (χ1n) is 4.50. The predicted molar refractivity (Wildman–Crippen MR) is 63.7 cm³/mol. The first kappa shape index (κ1) is 11.9. The summed E-state index contributed by atoms with van der Waals surface area (Å²) in [6.45, 7) is 0. The van der Waals surface area contributed by atoms with E-state index in [1.165, 1.54) is 19.2 Å². The number of carbonyl (C=O) groups excluding carboxylic acids is 1. The van der Waals surface area contributed by atoms with E-state index >= 15 is 0 Å². The number of rotatable bonds is 1. The van der Waals surface area contributed by atoms with Gasteiger partial charge in [-0.3, -0.25) is 4.79 Å². The number of nitrogens with one attached hydrogen (secondary N) is 1. The summed E-state index contributed by atoms with van der Waals surface area (Å²) >= 11 is 11.6. The number of esters is 1. The Labute approximate surface area is 105 Å². The second-order valence-corrected chi connectivity index (χ2v) is 4.00. The highest BCUT2D eigenvalue weighted by Gasteiger charge is 2.14. The molecule has 88 valence electrons. The zero-order valence-electron chi connectivity index (χ0n) is 8.58. The predicted octanol–water partition coefficient (Wildman–Crippen LogP) is 2.02. The number of fused-ring (bicyclic) bond motifs is 1. The third kappa shape index (κ3) is 2.11. The zero-order chi connectivity index (χ0) is 12.6. The second kappa shape index (κ2) is 4.35. The molecule has 5 nitrogen and oxygen atoms in total. The van der Waals surface area contributed by atoms with E-state index < -0.39 is 11.5 Å². The minimum atomic E-state index is -0.806. The lowest BCUT2D eigenvalue weighted by Gasteiger charge is -2.02. The first-order chi connectivity index (χ1) is 8.02. The average molecular weight is 273 g/mol. The number of benzene rings is 1. The van der Waals surface area contributed by atoms with Gasteiger partial charge in [-0.2, -0.15) is 0 Å². The summed E-state index contributed by atoms with van der Waals surface area (Å²) in [6, 6.07) is 2.93. The van der Waals surface area contributed by atoms with E-state index in [4.69, 9.17) is 23.2 Å². The van der Waals surface area contributed by atoms with Crippen LogP contribution in [0.4, 0.5) is 0 Å². The number of hydrogen-bond donors (Lipinski definition) is 1. The van der Waals surface area contributed by atoms with Crippen molar-refractivity contribution in [2.45, 2.75) is 0 Å². The van der Waals surface area contributed by atoms with Gasteiger partial charge in [0.05, 0.1) is 28.2 Å². The third-order valence-electron chi connectivity index (χ3n) is 2.11. The van der Waals surface area contributed by atoms with Crippen LogP contribution in [0, 0.1) is 0 Å². The van der Waals surface area contributed by atoms with Crippen LogP contribution in [0.5, 0.6) is 0 Å². The van der Waals surface area contributed by atoms with Crippen molar-refractivity contribution in [1.82, 2.24) is 9.97 Å². The van der Waals surface area contributed by atoms with Gasteiger partial charge in [0, 0.05) is 0 Å². The molecule has 1 N–H and O–H groups in total. The van der Waals surface area contributed by atoms with Crippen molar-refractivity contribution in [3.05, 3.63) is 38.2 Å². The molecule has 17 heavy (non-hydrogen) atoms. The minimum absolute atomic E-state index is 0.287. The fourth-order valence-electron chi connectivity index (χ4n) is 1.32. The van der Waals surface area contributed by atoms with E-state index in [-0.39, 0.29) is 10.7 Å². The molecule has 0 amide bonds. The number of aromatic nitrogens is 2. The number of halogens is 2. The van der Waals surface area contributed by atoms with Crippen molar-refractivity contribution >= 4 is 40.2 Å². The molecule has 0 radical (unpaired) electrons. The Morgan fingerprint density at radius 1 is 1.35 bits per heavy atom. The maximum atomic E-state index is 11.5. The lowest BCUT2D eigenvalue weighted by molar-refractivity contribution is 0.0592. The molecule has 1 aromatic heterocycles. The molecular weight excluding hydrogens is 267 g/mol. The van der Waals surface area contributed by atoms with Crippen molar-refractivity contribution in [3.63, 3.8) is 0 Å². The third-order valence-corrected chi connectivity index (χ3v) is 2.84. The van der Waals surface area contributed by atoms with Crippen molar-refractivity contribution in [1.29, 1.82) is 0 Å². The highest BCUT2D eigenvalue weighted by atomic mass is 35.5. The van der Waals surface area contributed by atoms with Gasteiger partial charge in [0.1, 0.15) is 0 Å². The highest BCUT2D eigenvalue weighted by Crippen LogP contribution is 2.25. The molecule has 0 atom stereocenters. The fraction of sp³-hybridized carbons (Fsp3) is 0.100. The monoisotopic (exact) mass is 272 g/mol. The molecule has 2 rings (SSSR count). The zero-order valence-corrected chi connectivity index (χ0v) is 10.1. The molecule has 1 heterocycles. The first-order valence-corrected chi connectivity index (χ1v) is 5.26. The molecule has 0 unspecified atom stereocenters. The lowest BCUT2D eigenvalue weighted by atomic mass is 10.3. The second-order valence-electron chi connectivity index (χ2n) is 3.19. The van der Waals surface area contributed by atoms with Crippen LogP contribution < -0.4 is 5.56 Å². The summed E-state index contributed by atoms with van der Waals surface area (Å²) in [6.07, 6.45) is 0. The van der Waals surface area contributed by atoms with E-state index in [0.29, 0.717) is 16.1 Å². The molecule has 0 aliphatic carbocycles. The van der Waals surface area contributed by atoms with Gasteiger partial charge in [0.2, 0.25) is 5.69 Å². The topological polar surface area (TPSA) is 72.0 Å². The van der Waals surface area contributed by atoms with Gasteiger partial charge in [-0.1, -0.05) is 23.2 Å². The van der Waals surface area contributed by atoms with Crippen LogP contribution >= 0.6 is 23.2 Å². The van der Waals surface area contributed by atoms with Crippen molar-refractivity contribution in [2.24, 2.45) is 0 Å².